The molecule has 0 spiro atoms. The zero-order valence-corrected chi connectivity index (χ0v) is 13.7. The van der Waals surface area contributed by atoms with Crippen LogP contribution in [0.1, 0.15) is 42.6 Å². The summed E-state index contributed by atoms with van der Waals surface area (Å²) in [5.41, 5.74) is 5.33. The number of nitrogens with zero attached hydrogens (tertiary/aromatic N) is 2. The summed E-state index contributed by atoms with van der Waals surface area (Å²) in [6.07, 6.45) is 9.50. The third kappa shape index (κ3) is 2.79. The smallest absolute Gasteiger partial charge is 0.0997 e. The summed E-state index contributed by atoms with van der Waals surface area (Å²) in [6.45, 7) is 0.945. The van der Waals surface area contributed by atoms with Crippen molar-refractivity contribution in [2.45, 2.75) is 51.1 Å². The first-order valence-corrected chi connectivity index (χ1v) is 8.68. The van der Waals surface area contributed by atoms with E-state index in [0.29, 0.717) is 0 Å². The van der Waals surface area contributed by atoms with Gasteiger partial charge in [-0.3, -0.25) is 0 Å². The van der Waals surface area contributed by atoms with Crippen molar-refractivity contribution in [2.75, 3.05) is 0 Å². The first kappa shape index (κ1) is 13.5. The Balaban J connectivity index is 1.71. The highest BCUT2D eigenvalue weighted by Crippen LogP contribution is 2.28. The Hall–Kier alpha value is -1.13. The second-order valence-corrected chi connectivity index (χ2v) is 7.06. The zero-order valence-electron chi connectivity index (χ0n) is 12.1. The molecule has 1 N–H and O–H groups in total. The fourth-order valence-corrected chi connectivity index (χ4v) is 3.48. The van der Waals surface area contributed by atoms with Crippen molar-refractivity contribution in [3.8, 4) is 5.69 Å². The number of imidazole rings is 1. The second kappa shape index (κ2) is 5.58. The van der Waals surface area contributed by atoms with Crippen LogP contribution in [0.4, 0.5) is 0 Å². The Kier molecular flexibility index (Phi) is 3.59. The molecule has 21 heavy (non-hydrogen) atoms. The number of halogens is 1. The van der Waals surface area contributed by atoms with E-state index in [-0.39, 0.29) is 0 Å². The van der Waals surface area contributed by atoms with E-state index in [0.717, 1.165) is 29.9 Å². The van der Waals surface area contributed by atoms with Crippen molar-refractivity contribution in [3.63, 3.8) is 0 Å². The van der Waals surface area contributed by atoms with E-state index in [1.54, 1.807) is 0 Å². The van der Waals surface area contributed by atoms with E-state index < -0.39 is 0 Å². The van der Waals surface area contributed by atoms with Crippen molar-refractivity contribution in [3.05, 3.63) is 46.0 Å². The van der Waals surface area contributed by atoms with Gasteiger partial charge in [0.1, 0.15) is 0 Å². The van der Waals surface area contributed by atoms with E-state index in [2.05, 4.69) is 49.0 Å². The van der Waals surface area contributed by atoms with Crippen molar-refractivity contribution in [2.24, 2.45) is 0 Å². The second-order valence-electron chi connectivity index (χ2n) is 6.14. The predicted octanol–water partition coefficient (Wildman–Crippen LogP) is 3.77. The summed E-state index contributed by atoms with van der Waals surface area (Å²) >= 11 is 3.62. The fraction of sp³-hybridized carbons (Fsp3) is 0.471. The number of aromatic nitrogens is 2. The molecule has 3 nitrogen and oxygen atoms in total. The highest BCUT2D eigenvalue weighted by Gasteiger charge is 2.22. The minimum atomic E-state index is 0.734. The standard InChI is InChI=1S/C17H20BrN3/c18-13-6-5-12(10-19-14-7-8-14)17(9-13)21-11-20-15-3-1-2-4-16(15)21/h5-6,9,11,14,19H,1-4,7-8,10H2. The van der Waals surface area contributed by atoms with Crippen molar-refractivity contribution in [1.29, 1.82) is 0 Å². The number of hydrogen-bond donors (Lipinski definition) is 1. The molecule has 1 fully saturated rings. The molecule has 0 radical (unpaired) electrons. The van der Waals surface area contributed by atoms with E-state index in [1.807, 2.05) is 6.33 Å². The maximum absolute atomic E-state index is 4.64. The lowest BCUT2D eigenvalue weighted by atomic mass is 10.0. The van der Waals surface area contributed by atoms with Crippen LogP contribution in [-0.4, -0.2) is 15.6 Å². The Morgan fingerprint density at radius 3 is 2.95 bits per heavy atom. The largest absolute Gasteiger partial charge is 0.310 e. The Morgan fingerprint density at radius 1 is 1.24 bits per heavy atom. The lowest BCUT2D eigenvalue weighted by Gasteiger charge is -2.17. The van der Waals surface area contributed by atoms with Gasteiger partial charge in [-0.2, -0.15) is 0 Å². The molecule has 0 atom stereocenters. The van der Waals surface area contributed by atoms with Crippen LogP contribution in [0.15, 0.2) is 29.0 Å². The molecule has 2 aromatic rings. The van der Waals surface area contributed by atoms with Gasteiger partial charge in [0.05, 0.1) is 17.7 Å². The molecule has 1 aromatic heterocycles. The number of rotatable bonds is 4. The minimum absolute atomic E-state index is 0.734. The lowest BCUT2D eigenvalue weighted by Crippen LogP contribution is -2.17. The highest BCUT2D eigenvalue weighted by atomic mass is 79.9. The molecular formula is C17H20BrN3. The first-order chi connectivity index (χ1) is 10.3. The molecule has 0 bridgehead atoms. The molecule has 0 aliphatic heterocycles. The van der Waals surface area contributed by atoms with Gasteiger partial charge < -0.3 is 9.88 Å². The molecule has 110 valence electrons. The molecule has 2 aliphatic carbocycles. The normalized spacial score (nSPS) is 17.8. The summed E-state index contributed by atoms with van der Waals surface area (Å²) in [5, 5.41) is 3.63. The maximum Gasteiger partial charge on any atom is 0.0997 e. The van der Waals surface area contributed by atoms with Gasteiger partial charge in [0, 0.05) is 22.8 Å². The molecule has 4 heteroatoms. The lowest BCUT2D eigenvalue weighted by molar-refractivity contribution is 0.651. The van der Waals surface area contributed by atoms with Crippen LogP contribution in [-0.2, 0) is 19.4 Å². The van der Waals surface area contributed by atoms with Crippen LogP contribution in [0.25, 0.3) is 5.69 Å². The quantitative estimate of drug-likeness (QED) is 0.913. The highest BCUT2D eigenvalue weighted by molar-refractivity contribution is 9.10. The van der Waals surface area contributed by atoms with Gasteiger partial charge in [-0.15, -0.1) is 0 Å². The minimum Gasteiger partial charge on any atom is -0.310 e. The molecule has 4 rings (SSSR count). The molecule has 1 heterocycles. The first-order valence-electron chi connectivity index (χ1n) is 7.88. The van der Waals surface area contributed by atoms with Crippen LogP contribution < -0.4 is 5.32 Å². The van der Waals surface area contributed by atoms with E-state index in [9.17, 15) is 0 Å². The summed E-state index contributed by atoms with van der Waals surface area (Å²) in [7, 11) is 0. The van der Waals surface area contributed by atoms with Crippen molar-refractivity contribution >= 4 is 15.9 Å². The average molecular weight is 346 g/mol. The summed E-state index contributed by atoms with van der Waals surface area (Å²) in [4.78, 5) is 4.64. The molecule has 1 aromatic carbocycles. The van der Waals surface area contributed by atoms with Gasteiger partial charge in [-0.05, 0) is 56.2 Å². The summed E-state index contributed by atoms with van der Waals surface area (Å²) in [6, 6.07) is 7.32. The summed E-state index contributed by atoms with van der Waals surface area (Å²) in [5.74, 6) is 0. The molecule has 0 unspecified atom stereocenters. The van der Waals surface area contributed by atoms with Crippen molar-refractivity contribution in [1.82, 2.24) is 14.9 Å². The van der Waals surface area contributed by atoms with Crippen LogP contribution in [0.5, 0.6) is 0 Å². The molecular weight excluding hydrogens is 326 g/mol. The van der Waals surface area contributed by atoms with Crippen LogP contribution >= 0.6 is 15.9 Å². The van der Waals surface area contributed by atoms with Crippen LogP contribution in [0.3, 0.4) is 0 Å². The van der Waals surface area contributed by atoms with Crippen LogP contribution in [0, 0.1) is 0 Å². The Labute approximate surface area is 133 Å². The fourth-order valence-electron chi connectivity index (χ4n) is 3.13. The van der Waals surface area contributed by atoms with Gasteiger partial charge in [0.15, 0.2) is 0 Å². The van der Waals surface area contributed by atoms with Gasteiger partial charge in [-0.25, -0.2) is 4.98 Å². The molecule has 2 aliphatic rings. The van der Waals surface area contributed by atoms with E-state index >= 15 is 0 Å². The van der Waals surface area contributed by atoms with E-state index in [4.69, 9.17) is 0 Å². The molecule has 0 saturated heterocycles. The predicted molar refractivity (Wildman–Crippen MR) is 87.8 cm³/mol. The average Bonchev–Trinajstić information content (AvgIpc) is 3.23. The number of fused-ring (bicyclic) bond motifs is 1. The van der Waals surface area contributed by atoms with Gasteiger partial charge >= 0.3 is 0 Å². The van der Waals surface area contributed by atoms with Gasteiger partial charge in [-0.1, -0.05) is 22.0 Å². The number of aryl methyl sites for hydroxylation is 1. The monoisotopic (exact) mass is 345 g/mol. The topological polar surface area (TPSA) is 29.9 Å². The summed E-state index contributed by atoms with van der Waals surface area (Å²) < 4.78 is 3.44. The third-order valence-electron chi connectivity index (χ3n) is 4.50. The number of benzene rings is 1. The molecule has 1 saturated carbocycles. The van der Waals surface area contributed by atoms with Gasteiger partial charge in [0.2, 0.25) is 0 Å². The Morgan fingerprint density at radius 2 is 2.10 bits per heavy atom. The van der Waals surface area contributed by atoms with Gasteiger partial charge in [0.25, 0.3) is 0 Å². The molecule has 0 amide bonds. The van der Waals surface area contributed by atoms with Crippen LogP contribution in [0.2, 0.25) is 0 Å². The Bertz CT molecular complexity index is 658. The maximum atomic E-state index is 4.64. The number of hydrogen-bond acceptors (Lipinski definition) is 2. The van der Waals surface area contributed by atoms with Crippen molar-refractivity contribution < 1.29 is 0 Å². The van der Waals surface area contributed by atoms with E-state index in [1.165, 1.54) is 48.3 Å². The number of nitrogens with one attached hydrogen (secondary N) is 1. The SMILES string of the molecule is Brc1ccc(CNC2CC2)c(-n2cnc3c2CCCC3)c1. The zero-order chi connectivity index (χ0) is 14.2. The third-order valence-corrected chi connectivity index (χ3v) is 4.99.